The molecule has 0 bridgehead atoms. The van der Waals surface area contributed by atoms with Gasteiger partial charge in [-0.05, 0) is 30.1 Å². The smallest absolute Gasteiger partial charge is 0.0147 e. The molecule has 0 aliphatic rings. The lowest BCUT2D eigenvalue weighted by atomic mass is 9.71. The van der Waals surface area contributed by atoms with Gasteiger partial charge in [0.1, 0.15) is 0 Å². The van der Waals surface area contributed by atoms with Crippen LogP contribution in [0.5, 0.6) is 0 Å². The molecule has 0 aromatic carbocycles. The Morgan fingerprint density at radius 3 is 2.00 bits per heavy atom. The second-order valence-corrected chi connectivity index (χ2v) is 5.05. The summed E-state index contributed by atoms with van der Waals surface area (Å²) in [4.78, 5) is 0. The van der Waals surface area contributed by atoms with E-state index in [0.29, 0.717) is 5.41 Å². The fraction of sp³-hybridized carbons (Fsp3) is 0.692. The minimum absolute atomic E-state index is 0.284. The Kier molecular flexibility index (Phi) is 4.46. The van der Waals surface area contributed by atoms with E-state index in [1.165, 1.54) is 6.42 Å². The molecule has 0 spiro atoms. The van der Waals surface area contributed by atoms with Crippen molar-refractivity contribution >= 4 is 0 Å². The fourth-order valence-electron chi connectivity index (χ4n) is 1.90. The number of allylic oxidation sites excluding steroid dienone is 2. The molecule has 0 aliphatic carbocycles. The van der Waals surface area contributed by atoms with Crippen molar-refractivity contribution in [1.29, 1.82) is 0 Å². The maximum atomic E-state index is 3.92. The Morgan fingerprint density at radius 1 is 1.15 bits per heavy atom. The summed E-state index contributed by atoms with van der Waals surface area (Å²) in [6, 6.07) is 0. The van der Waals surface area contributed by atoms with Gasteiger partial charge in [0.15, 0.2) is 0 Å². The molecule has 0 radical (unpaired) electrons. The Labute approximate surface area is 83.7 Å². The summed E-state index contributed by atoms with van der Waals surface area (Å²) in [5.41, 5.74) is 0.632. The van der Waals surface area contributed by atoms with Crippen LogP contribution in [0.3, 0.4) is 0 Å². The first-order chi connectivity index (χ1) is 5.89. The largest absolute Gasteiger partial charge is 0.103 e. The van der Waals surface area contributed by atoms with E-state index in [2.05, 4.69) is 46.9 Å². The Hall–Kier alpha value is -0.520. The van der Waals surface area contributed by atoms with Gasteiger partial charge in [-0.15, -0.1) is 13.2 Å². The number of rotatable bonds is 6. The zero-order valence-electron chi connectivity index (χ0n) is 9.69. The lowest BCUT2D eigenvalue weighted by molar-refractivity contribution is 0.218. The molecular weight excluding hydrogens is 156 g/mol. The van der Waals surface area contributed by atoms with Crippen LogP contribution in [0.25, 0.3) is 0 Å². The zero-order chi connectivity index (χ0) is 10.5. The molecule has 0 heteroatoms. The number of hydrogen-bond donors (Lipinski definition) is 0. The van der Waals surface area contributed by atoms with Crippen molar-refractivity contribution in [3.8, 4) is 0 Å². The minimum Gasteiger partial charge on any atom is -0.103 e. The third-order valence-corrected chi connectivity index (χ3v) is 2.88. The van der Waals surface area contributed by atoms with E-state index in [0.717, 1.165) is 12.8 Å². The van der Waals surface area contributed by atoms with Crippen LogP contribution in [-0.2, 0) is 0 Å². The molecule has 0 N–H and O–H groups in total. The van der Waals surface area contributed by atoms with Crippen molar-refractivity contribution in [2.75, 3.05) is 0 Å². The van der Waals surface area contributed by atoms with Crippen LogP contribution >= 0.6 is 0 Å². The molecule has 0 saturated heterocycles. The average molecular weight is 180 g/mol. The van der Waals surface area contributed by atoms with Crippen molar-refractivity contribution in [1.82, 2.24) is 0 Å². The first-order valence-corrected chi connectivity index (χ1v) is 5.13. The first-order valence-electron chi connectivity index (χ1n) is 5.13. The molecule has 1 unspecified atom stereocenters. The summed E-state index contributed by atoms with van der Waals surface area (Å²) >= 11 is 0. The van der Waals surface area contributed by atoms with Gasteiger partial charge in [0.05, 0.1) is 0 Å². The second kappa shape index (κ2) is 4.64. The van der Waals surface area contributed by atoms with Crippen molar-refractivity contribution in [2.24, 2.45) is 10.8 Å². The topological polar surface area (TPSA) is 0 Å². The lowest BCUT2D eigenvalue weighted by Gasteiger charge is -2.34. The predicted molar refractivity (Wildman–Crippen MR) is 61.8 cm³/mol. The molecule has 0 nitrogen and oxygen atoms in total. The highest BCUT2D eigenvalue weighted by Gasteiger charge is 2.27. The highest BCUT2D eigenvalue weighted by atomic mass is 14.3. The van der Waals surface area contributed by atoms with Gasteiger partial charge in [-0.25, -0.2) is 0 Å². The SMILES string of the molecule is C=CCC(C)(C)CC(C)(C=C)CC. The Bertz CT molecular complexity index is 176. The summed E-state index contributed by atoms with van der Waals surface area (Å²) in [6.45, 7) is 16.8. The molecule has 76 valence electrons. The normalized spacial score (nSPS) is 16.3. The highest BCUT2D eigenvalue weighted by molar-refractivity contribution is 4.95. The summed E-state index contributed by atoms with van der Waals surface area (Å²) in [5, 5.41) is 0. The van der Waals surface area contributed by atoms with E-state index in [1.54, 1.807) is 0 Å². The molecule has 13 heavy (non-hydrogen) atoms. The Balaban J connectivity index is 4.37. The van der Waals surface area contributed by atoms with Gasteiger partial charge in [-0.3, -0.25) is 0 Å². The minimum atomic E-state index is 0.284. The molecule has 0 aromatic rings. The van der Waals surface area contributed by atoms with E-state index in [9.17, 15) is 0 Å². The second-order valence-electron chi connectivity index (χ2n) is 5.05. The van der Waals surface area contributed by atoms with Crippen LogP contribution in [0.2, 0.25) is 0 Å². The van der Waals surface area contributed by atoms with Crippen LogP contribution in [0.4, 0.5) is 0 Å². The average Bonchev–Trinajstić information content (AvgIpc) is 2.03. The van der Waals surface area contributed by atoms with Crippen LogP contribution < -0.4 is 0 Å². The van der Waals surface area contributed by atoms with Crippen LogP contribution in [-0.4, -0.2) is 0 Å². The van der Waals surface area contributed by atoms with E-state index in [4.69, 9.17) is 0 Å². The van der Waals surface area contributed by atoms with Crippen LogP contribution in [0.15, 0.2) is 25.3 Å². The summed E-state index contributed by atoms with van der Waals surface area (Å²) < 4.78 is 0. The molecule has 0 amide bonds. The molecular formula is C13H24. The van der Waals surface area contributed by atoms with E-state index in [-0.39, 0.29) is 5.41 Å². The van der Waals surface area contributed by atoms with Gasteiger partial charge in [-0.1, -0.05) is 39.8 Å². The van der Waals surface area contributed by atoms with Crippen molar-refractivity contribution < 1.29 is 0 Å². The zero-order valence-corrected chi connectivity index (χ0v) is 9.69. The van der Waals surface area contributed by atoms with E-state index in [1.807, 2.05) is 6.08 Å². The van der Waals surface area contributed by atoms with Gasteiger partial charge in [0, 0.05) is 0 Å². The van der Waals surface area contributed by atoms with Crippen molar-refractivity contribution in [3.63, 3.8) is 0 Å². The highest BCUT2D eigenvalue weighted by Crippen LogP contribution is 2.39. The van der Waals surface area contributed by atoms with Gasteiger partial charge < -0.3 is 0 Å². The lowest BCUT2D eigenvalue weighted by Crippen LogP contribution is -2.22. The third kappa shape index (κ3) is 4.31. The van der Waals surface area contributed by atoms with Gasteiger partial charge in [0.2, 0.25) is 0 Å². The van der Waals surface area contributed by atoms with Crippen LogP contribution in [0.1, 0.15) is 47.0 Å². The Morgan fingerprint density at radius 2 is 1.69 bits per heavy atom. The van der Waals surface area contributed by atoms with Gasteiger partial charge in [-0.2, -0.15) is 0 Å². The van der Waals surface area contributed by atoms with E-state index < -0.39 is 0 Å². The molecule has 0 aliphatic heterocycles. The monoisotopic (exact) mass is 180 g/mol. The predicted octanol–water partition coefficient (Wildman–Crippen LogP) is 4.58. The van der Waals surface area contributed by atoms with Crippen LogP contribution in [0, 0.1) is 10.8 Å². The molecule has 0 heterocycles. The quantitative estimate of drug-likeness (QED) is 0.525. The van der Waals surface area contributed by atoms with E-state index >= 15 is 0 Å². The molecule has 0 fully saturated rings. The van der Waals surface area contributed by atoms with Gasteiger partial charge >= 0.3 is 0 Å². The molecule has 0 rings (SSSR count). The molecule has 1 atom stereocenters. The number of hydrogen-bond acceptors (Lipinski definition) is 0. The summed E-state index contributed by atoms with van der Waals surface area (Å²) in [6.07, 6.45) is 7.54. The summed E-state index contributed by atoms with van der Waals surface area (Å²) in [5.74, 6) is 0. The van der Waals surface area contributed by atoms with Crippen molar-refractivity contribution in [2.45, 2.75) is 47.0 Å². The summed E-state index contributed by atoms with van der Waals surface area (Å²) in [7, 11) is 0. The fourth-order valence-corrected chi connectivity index (χ4v) is 1.90. The molecule has 0 saturated carbocycles. The third-order valence-electron chi connectivity index (χ3n) is 2.88. The molecule has 0 aromatic heterocycles. The maximum absolute atomic E-state index is 3.92. The first kappa shape index (κ1) is 12.5. The standard InChI is InChI=1S/C13H24/c1-7-10-12(4,5)11-13(6,8-2)9-3/h7-8H,1-2,9-11H2,3-6H3. The van der Waals surface area contributed by atoms with Crippen molar-refractivity contribution in [3.05, 3.63) is 25.3 Å². The van der Waals surface area contributed by atoms with Gasteiger partial charge in [0.25, 0.3) is 0 Å². The maximum Gasteiger partial charge on any atom is -0.0147 e.